The highest BCUT2D eigenvalue weighted by Crippen LogP contribution is 2.19. The Labute approximate surface area is 111 Å². The molecule has 104 valence electrons. The molecule has 1 rings (SSSR count). The van der Waals surface area contributed by atoms with Crippen molar-refractivity contribution >= 4 is 11.9 Å². The predicted octanol–water partition coefficient (Wildman–Crippen LogP) is 1.99. The fourth-order valence-corrected chi connectivity index (χ4v) is 1.52. The number of carbonyl (C=O) groups is 2. The van der Waals surface area contributed by atoms with Crippen molar-refractivity contribution in [2.45, 2.75) is 26.7 Å². The van der Waals surface area contributed by atoms with E-state index in [9.17, 15) is 14.0 Å². The van der Waals surface area contributed by atoms with Crippen LogP contribution in [-0.2, 0) is 16.0 Å². The van der Waals surface area contributed by atoms with E-state index < -0.39 is 17.2 Å². The van der Waals surface area contributed by atoms with Crippen LogP contribution in [0.3, 0.4) is 0 Å². The molecule has 1 unspecified atom stereocenters. The monoisotopic (exact) mass is 267 g/mol. The number of benzene rings is 1. The standard InChI is InChI=1S/C14H18FNO3/c1-3-14(2,13(18)19)9-16-12(17)8-10-6-4-5-7-11(10)15/h4-7H,3,8-9H2,1-2H3,(H,16,17)(H,18,19). The molecule has 0 spiro atoms. The molecule has 0 heterocycles. The number of hydrogen-bond donors (Lipinski definition) is 2. The zero-order chi connectivity index (χ0) is 14.5. The Morgan fingerprint density at radius 1 is 1.37 bits per heavy atom. The molecule has 2 N–H and O–H groups in total. The third-order valence-electron chi connectivity index (χ3n) is 3.28. The van der Waals surface area contributed by atoms with Crippen LogP contribution < -0.4 is 5.32 Å². The van der Waals surface area contributed by atoms with Gasteiger partial charge in [0.1, 0.15) is 5.82 Å². The molecule has 19 heavy (non-hydrogen) atoms. The van der Waals surface area contributed by atoms with Crippen LogP contribution in [0.5, 0.6) is 0 Å². The van der Waals surface area contributed by atoms with Crippen molar-refractivity contribution < 1.29 is 19.1 Å². The lowest BCUT2D eigenvalue weighted by molar-refractivity contribution is -0.148. The van der Waals surface area contributed by atoms with Crippen LogP contribution in [-0.4, -0.2) is 23.5 Å². The first-order valence-electron chi connectivity index (χ1n) is 6.12. The molecule has 0 aliphatic rings. The molecule has 0 bridgehead atoms. The largest absolute Gasteiger partial charge is 0.481 e. The van der Waals surface area contributed by atoms with E-state index >= 15 is 0 Å². The van der Waals surface area contributed by atoms with Crippen molar-refractivity contribution in [3.63, 3.8) is 0 Å². The van der Waals surface area contributed by atoms with Crippen LogP contribution in [0, 0.1) is 11.2 Å². The van der Waals surface area contributed by atoms with Crippen molar-refractivity contribution in [3.8, 4) is 0 Å². The molecule has 1 amide bonds. The Bertz CT molecular complexity index is 476. The van der Waals surface area contributed by atoms with E-state index in [-0.39, 0.29) is 18.9 Å². The van der Waals surface area contributed by atoms with Gasteiger partial charge in [0.05, 0.1) is 11.8 Å². The van der Waals surface area contributed by atoms with Crippen LogP contribution in [0.15, 0.2) is 24.3 Å². The molecule has 0 aliphatic carbocycles. The van der Waals surface area contributed by atoms with Gasteiger partial charge < -0.3 is 10.4 Å². The zero-order valence-electron chi connectivity index (χ0n) is 11.1. The van der Waals surface area contributed by atoms with Gasteiger partial charge in [-0.05, 0) is 25.0 Å². The van der Waals surface area contributed by atoms with Crippen LogP contribution in [0.1, 0.15) is 25.8 Å². The number of amides is 1. The predicted molar refractivity (Wildman–Crippen MR) is 69.1 cm³/mol. The molecular formula is C14H18FNO3. The molecule has 0 radical (unpaired) electrons. The van der Waals surface area contributed by atoms with Crippen molar-refractivity contribution in [1.82, 2.24) is 5.32 Å². The molecule has 0 aromatic heterocycles. The Morgan fingerprint density at radius 3 is 2.53 bits per heavy atom. The van der Waals surface area contributed by atoms with Crippen molar-refractivity contribution in [2.75, 3.05) is 6.54 Å². The third-order valence-corrected chi connectivity index (χ3v) is 3.28. The van der Waals surface area contributed by atoms with Crippen LogP contribution >= 0.6 is 0 Å². The lowest BCUT2D eigenvalue weighted by atomic mass is 9.87. The number of carboxylic acids is 1. The highest BCUT2D eigenvalue weighted by atomic mass is 19.1. The van der Waals surface area contributed by atoms with Crippen LogP contribution in [0.4, 0.5) is 4.39 Å². The van der Waals surface area contributed by atoms with Gasteiger partial charge in [-0.2, -0.15) is 0 Å². The van der Waals surface area contributed by atoms with Gasteiger partial charge in [0.15, 0.2) is 0 Å². The Kier molecular flexibility index (Phi) is 5.03. The SMILES string of the molecule is CCC(C)(CNC(=O)Cc1ccccc1F)C(=O)O. The average Bonchev–Trinajstić information content (AvgIpc) is 2.38. The fourth-order valence-electron chi connectivity index (χ4n) is 1.52. The summed E-state index contributed by atoms with van der Waals surface area (Å²) in [5.74, 6) is -1.78. The van der Waals surface area contributed by atoms with Gasteiger partial charge in [-0.15, -0.1) is 0 Å². The molecule has 0 saturated carbocycles. The van der Waals surface area contributed by atoms with Crippen molar-refractivity contribution in [2.24, 2.45) is 5.41 Å². The molecule has 0 aliphatic heterocycles. The van der Waals surface area contributed by atoms with E-state index in [0.29, 0.717) is 12.0 Å². The molecule has 1 atom stereocenters. The minimum Gasteiger partial charge on any atom is -0.481 e. The second-order valence-corrected chi connectivity index (χ2v) is 4.76. The van der Waals surface area contributed by atoms with Gasteiger partial charge in [0.2, 0.25) is 5.91 Å². The number of aliphatic carboxylic acids is 1. The maximum absolute atomic E-state index is 13.3. The van der Waals surface area contributed by atoms with Gasteiger partial charge in [-0.3, -0.25) is 9.59 Å². The topological polar surface area (TPSA) is 66.4 Å². The van der Waals surface area contributed by atoms with Crippen molar-refractivity contribution in [1.29, 1.82) is 0 Å². The van der Waals surface area contributed by atoms with Crippen LogP contribution in [0.2, 0.25) is 0 Å². The summed E-state index contributed by atoms with van der Waals surface area (Å²) in [6.07, 6.45) is 0.314. The molecule has 0 saturated heterocycles. The van der Waals surface area contributed by atoms with Gasteiger partial charge >= 0.3 is 5.97 Å². The van der Waals surface area contributed by atoms with E-state index in [2.05, 4.69) is 5.32 Å². The molecular weight excluding hydrogens is 249 g/mol. The summed E-state index contributed by atoms with van der Waals surface area (Å²) in [4.78, 5) is 22.7. The maximum Gasteiger partial charge on any atom is 0.311 e. The highest BCUT2D eigenvalue weighted by molar-refractivity contribution is 5.80. The fraction of sp³-hybridized carbons (Fsp3) is 0.429. The first-order valence-corrected chi connectivity index (χ1v) is 6.12. The first kappa shape index (κ1) is 15.1. The first-order chi connectivity index (χ1) is 8.89. The van der Waals surface area contributed by atoms with Gasteiger partial charge in [-0.25, -0.2) is 4.39 Å². The molecule has 1 aromatic rings. The third kappa shape index (κ3) is 4.05. The minimum atomic E-state index is -0.995. The normalized spacial score (nSPS) is 13.6. The van der Waals surface area contributed by atoms with E-state index in [1.165, 1.54) is 12.1 Å². The summed E-state index contributed by atoms with van der Waals surface area (Å²) in [6.45, 7) is 3.35. The lowest BCUT2D eigenvalue weighted by Gasteiger charge is -2.23. The van der Waals surface area contributed by atoms with Crippen molar-refractivity contribution in [3.05, 3.63) is 35.6 Å². The number of halogens is 1. The van der Waals surface area contributed by atoms with Gasteiger partial charge in [-0.1, -0.05) is 25.1 Å². The summed E-state index contributed by atoms with van der Waals surface area (Å²) in [5.41, 5.74) is -0.696. The smallest absolute Gasteiger partial charge is 0.311 e. The lowest BCUT2D eigenvalue weighted by Crippen LogP contribution is -2.41. The summed E-state index contributed by atoms with van der Waals surface area (Å²) in [5, 5.41) is 11.6. The minimum absolute atomic E-state index is 0.0338. The number of hydrogen-bond acceptors (Lipinski definition) is 2. The maximum atomic E-state index is 13.3. The quantitative estimate of drug-likeness (QED) is 0.828. The summed E-state index contributed by atoms with van der Waals surface area (Å²) in [6, 6.07) is 6.02. The summed E-state index contributed by atoms with van der Waals surface area (Å²) in [7, 11) is 0. The van der Waals surface area contributed by atoms with E-state index in [1.807, 2.05) is 0 Å². The zero-order valence-corrected chi connectivity index (χ0v) is 11.1. The number of carbonyl (C=O) groups excluding carboxylic acids is 1. The second-order valence-electron chi connectivity index (χ2n) is 4.76. The highest BCUT2D eigenvalue weighted by Gasteiger charge is 2.31. The second kappa shape index (κ2) is 6.31. The number of carboxylic acid groups (broad SMARTS) is 1. The van der Waals surface area contributed by atoms with E-state index in [4.69, 9.17) is 5.11 Å². The van der Waals surface area contributed by atoms with Crippen LogP contribution in [0.25, 0.3) is 0 Å². The Morgan fingerprint density at radius 2 is 2.00 bits per heavy atom. The molecule has 1 aromatic carbocycles. The van der Waals surface area contributed by atoms with E-state index in [1.54, 1.807) is 26.0 Å². The number of nitrogens with one attached hydrogen (secondary N) is 1. The summed E-state index contributed by atoms with van der Waals surface area (Å²) < 4.78 is 13.3. The summed E-state index contributed by atoms with van der Waals surface area (Å²) >= 11 is 0. The molecule has 5 heteroatoms. The Hall–Kier alpha value is -1.91. The number of rotatable bonds is 6. The Balaban J connectivity index is 2.58. The molecule has 4 nitrogen and oxygen atoms in total. The molecule has 0 fully saturated rings. The van der Waals surface area contributed by atoms with E-state index in [0.717, 1.165) is 0 Å². The average molecular weight is 267 g/mol. The van der Waals surface area contributed by atoms with Gasteiger partial charge in [0, 0.05) is 6.54 Å². The van der Waals surface area contributed by atoms with Gasteiger partial charge in [0.25, 0.3) is 0 Å².